The Morgan fingerprint density at radius 1 is 0.667 bits per heavy atom. The Balaban J connectivity index is -0.000000000833. The van der Waals surface area contributed by atoms with Crippen LogP contribution in [0.3, 0.4) is 0 Å². The predicted molar refractivity (Wildman–Crippen MR) is 42.0 cm³/mol. The van der Waals surface area contributed by atoms with Gasteiger partial charge in [-0.3, -0.25) is 0 Å². The summed E-state index contributed by atoms with van der Waals surface area (Å²) >= 11 is 0.900. The van der Waals surface area contributed by atoms with E-state index in [1.807, 2.05) is 0 Å². The first-order valence-electron chi connectivity index (χ1n) is 0.154. The Hall–Kier alpha value is 2.37. The van der Waals surface area contributed by atoms with Crippen molar-refractivity contribution in [2.75, 3.05) is 0 Å². The fraction of sp³-hybridized carbons (Fsp3) is 0. The van der Waals surface area contributed by atoms with Crippen LogP contribution in [0.5, 0.6) is 0 Å². The molecule has 0 N–H and O–H groups in total. The van der Waals surface area contributed by atoms with Crippen molar-refractivity contribution in [2.24, 2.45) is 0 Å². The molecule has 0 fully saturated rings. The van der Waals surface area contributed by atoms with Crippen molar-refractivity contribution in [3.8, 4) is 0 Å². The second-order valence-corrected chi connectivity index (χ2v) is 0. The first kappa shape index (κ1) is 40.0. The van der Waals surface area contributed by atoms with Gasteiger partial charge in [-0.05, 0) is 0 Å². The van der Waals surface area contributed by atoms with Gasteiger partial charge in [-0.25, -0.2) is 0 Å². The second kappa shape index (κ2) is 53.3. The summed E-state index contributed by atoms with van der Waals surface area (Å²) in [7, 11) is 0. The molecule has 0 aromatic rings. The standard InChI is InChI=1S/4BrH.O.Tc/h4*1H;;. The van der Waals surface area contributed by atoms with E-state index in [1.165, 1.54) is 0 Å². The van der Waals surface area contributed by atoms with E-state index in [-0.39, 0.29) is 67.9 Å². The molecule has 0 aromatic heterocycles. The molecule has 0 aromatic carbocycles. The van der Waals surface area contributed by atoms with Crippen molar-refractivity contribution >= 4 is 67.9 Å². The van der Waals surface area contributed by atoms with Crippen LogP contribution in [0.15, 0.2) is 0 Å². The summed E-state index contributed by atoms with van der Waals surface area (Å²) < 4.78 is 8.22. The Kier molecular flexibility index (Phi) is 355. The first-order valence-corrected chi connectivity index (χ1v) is 0.913. The zero-order valence-corrected chi connectivity index (χ0v) is 11.1. The van der Waals surface area contributed by atoms with Crippen LogP contribution >= 0.6 is 67.9 Å². The van der Waals surface area contributed by atoms with Gasteiger partial charge in [0.15, 0.2) is 0 Å². The van der Waals surface area contributed by atoms with E-state index in [1.54, 1.807) is 0 Å². The second-order valence-electron chi connectivity index (χ2n) is 0. The molecule has 0 bridgehead atoms. The molecule has 45 valence electrons. The molecule has 1 nitrogen and oxygen atoms in total. The van der Waals surface area contributed by atoms with Gasteiger partial charge in [-0.2, -0.15) is 0 Å². The van der Waals surface area contributed by atoms with Gasteiger partial charge in [0.2, 0.25) is 0 Å². The van der Waals surface area contributed by atoms with Gasteiger partial charge in [-0.1, -0.05) is 0 Å². The molecule has 0 heterocycles. The van der Waals surface area contributed by atoms with Gasteiger partial charge < -0.3 is 0 Å². The van der Waals surface area contributed by atoms with E-state index in [0.29, 0.717) is 0 Å². The van der Waals surface area contributed by atoms with Crippen molar-refractivity contribution in [3.63, 3.8) is 0 Å². The molecule has 0 spiro atoms. The van der Waals surface area contributed by atoms with Crippen LogP contribution in [-0.2, 0) is 22.4 Å². The molecule has 0 aliphatic heterocycles. The van der Waals surface area contributed by atoms with E-state index < -0.39 is 0 Å². The van der Waals surface area contributed by atoms with E-state index >= 15 is 0 Å². The molecule has 0 aliphatic rings. The van der Waals surface area contributed by atoms with Crippen LogP contribution < -0.4 is 0 Å². The van der Waals surface area contributed by atoms with E-state index in [9.17, 15) is 0 Å². The zero-order valence-electron chi connectivity index (χ0n) is 2.42. The van der Waals surface area contributed by atoms with Crippen LogP contribution in [0, 0.1) is 0 Å². The number of rotatable bonds is 0. The van der Waals surface area contributed by atoms with Gasteiger partial charge in [0.05, 0.1) is 0 Å². The number of hydrogen-bond donors (Lipinski definition) is 0. The molecule has 0 rings (SSSR count). The molecule has 0 atom stereocenters. The third kappa shape index (κ3) is 32.7. The SMILES string of the molecule is Br.Br.Br.Br.[O]=[Tc]. The van der Waals surface area contributed by atoms with E-state index in [2.05, 4.69) is 0 Å². The zero-order chi connectivity index (χ0) is 2.00. The van der Waals surface area contributed by atoms with E-state index in [4.69, 9.17) is 3.50 Å². The molecule has 0 aliphatic carbocycles. The Labute approximate surface area is 89.2 Å². The summed E-state index contributed by atoms with van der Waals surface area (Å²) in [6.07, 6.45) is 0. The summed E-state index contributed by atoms with van der Waals surface area (Å²) in [5, 5.41) is 0. The van der Waals surface area contributed by atoms with Gasteiger partial charge in [0, 0.05) is 0 Å². The monoisotopic (exact) mass is 433 g/mol. The Morgan fingerprint density at radius 3 is 0.667 bits per heavy atom. The van der Waals surface area contributed by atoms with Crippen LogP contribution in [0.4, 0.5) is 0 Å². The maximum absolute atomic E-state index is 8.22. The topological polar surface area (TPSA) is 17.1 Å². The summed E-state index contributed by atoms with van der Waals surface area (Å²) in [6.45, 7) is 0. The molecular formula is H4Br4OTc. The van der Waals surface area contributed by atoms with Crippen molar-refractivity contribution in [1.29, 1.82) is 0 Å². The van der Waals surface area contributed by atoms with Crippen LogP contribution in [0.1, 0.15) is 0 Å². The molecule has 6 heteroatoms. The molecule has 6 heavy (non-hydrogen) atoms. The maximum atomic E-state index is 8.22. The number of hydrogen-bond acceptors (Lipinski definition) is 1. The van der Waals surface area contributed by atoms with Crippen molar-refractivity contribution in [3.05, 3.63) is 0 Å². The first-order chi connectivity index (χ1) is 1.00. The van der Waals surface area contributed by atoms with Gasteiger partial charge in [0.25, 0.3) is 0 Å². The summed E-state index contributed by atoms with van der Waals surface area (Å²) in [4.78, 5) is 0. The van der Waals surface area contributed by atoms with Crippen LogP contribution in [-0.4, -0.2) is 0 Å². The third-order valence-corrected chi connectivity index (χ3v) is 0. The summed E-state index contributed by atoms with van der Waals surface area (Å²) in [6, 6.07) is 0. The quantitative estimate of drug-likeness (QED) is 0.568. The van der Waals surface area contributed by atoms with E-state index in [0.717, 1.165) is 18.9 Å². The average molecular weight is 438 g/mol. The minimum absolute atomic E-state index is 0. The minimum atomic E-state index is 0. The normalized spacial score (nSPS) is 0.667. The molecule has 0 saturated carbocycles. The van der Waals surface area contributed by atoms with Crippen LogP contribution in [0.2, 0.25) is 0 Å². The molecular weight excluding hydrogens is 434 g/mol. The molecule has 0 unspecified atom stereocenters. The summed E-state index contributed by atoms with van der Waals surface area (Å²) in [5.41, 5.74) is 0. The van der Waals surface area contributed by atoms with Gasteiger partial charge in [0.1, 0.15) is 0 Å². The molecule has 0 saturated heterocycles. The van der Waals surface area contributed by atoms with Gasteiger partial charge >= 0.3 is 22.4 Å². The van der Waals surface area contributed by atoms with Crippen molar-refractivity contribution in [2.45, 2.75) is 0 Å². The predicted octanol–water partition coefficient (Wildman–Crippen LogP) is 2.19. The van der Waals surface area contributed by atoms with Crippen molar-refractivity contribution in [1.82, 2.24) is 0 Å². The van der Waals surface area contributed by atoms with Gasteiger partial charge in [-0.15, -0.1) is 67.9 Å². The molecule has 0 amide bonds. The van der Waals surface area contributed by atoms with Crippen molar-refractivity contribution < 1.29 is 22.4 Å². The average Bonchev–Trinajstić information content (AvgIpc) is 1.00. The summed E-state index contributed by atoms with van der Waals surface area (Å²) in [5.74, 6) is 0. The molecule has 0 radical (unpaired) electrons. The fourth-order valence-corrected chi connectivity index (χ4v) is 0. The fourth-order valence-electron chi connectivity index (χ4n) is 0. The Morgan fingerprint density at radius 2 is 0.667 bits per heavy atom. The number of halogens is 4. The third-order valence-electron chi connectivity index (χ3n) is 0. The Bertz CT molecular complexity index is 7.51. The van der Waals surface area contributed by atoms with Crippen LogP contribution in [0.25, 0.3) is 0 Å².